The van der Waals surface area contributed by atoms with Crippen molar-refractivity contribution in [1.82, 2.24) is 8.80 Å². The Morgan fingerprint density at radius 2 is 0.966 bits per heavy atom. The molecule has 0 aliphatic heterocycles. The Morgan fingerprint density at radius 1 is 0.373 bits per heavy atom. The van der Waals surface area contributed by atoms with Gasteiger partial charge in [-0.3, -0.25) is 0 Å². The van der Waals surface area contributed by atoms with E-state index in [-0.39, 0.29) is 0 Å². The number of hydrogen-bond donors (Lipinski definition) is 0. The zero-order valence-corrected chi connectivity index (χ0v) is 32.4. The Balaban J connectivity index is 1.04. The lowest BCUT2D eigenvalue weighted by atomic mass is 10.0. The van der Waals surface area contributed by atoms with Gasteiger partial charge in [0.2, 0.25) is 0 Å². The second kappa shape index (κ2) is 11.5. The molecule has 0 amide bonds. The number of fused-ring (bicyclic) bond motifs is 15. The molecule has 9 aromatic carbocycles. The molecule has 0 saturated carbocycles. The van der Waals surface area contributed by atoms with Crippen LogP contribution in [0.1, 0.15) is 0 Å². The summed E-state index contributed by atoms with van der Waals surface area (Å²) in [5.74, 6) is 0. The van der Waals surface area contributed by atoms with E-state index in [4.69, 9.17) is 4.42 Å². The molecule has 274 valence electrons. The van der Waals surface area contributed by atoms with Gasteiger partial charge in [0.1, 0.15) is 11.2 Å². The van der Waals surface area contributed by atoms with E-state index in [1.165, 1.54) is 80.4 Å². The second-order valence-corrected chi connectivity index (χ2v) is 16.8. The van der Waals surface area contributed by atoms with Gasteiger partial charge < -0.3 is 18.1 Å². The van der Waals surface area contributed by atoms with Crippen LogP contribution in [0.3, 0.4) is 0 Å². The molecule has 14 aromatic rings. The van der Waals surface area contributed by atoms with Crippen molar-refractivity contribution in [1.29, 1.82) is 0 Å². The van der Waals surface area contributed by atoms with E-state index in [2.05, 4.69) is 196 Å². The fraction of sp³-hybridized carbons (Fsp3) is 0. The molecule has 59 heavy (non-hydrogen) atoms. The Morgan fingerprint density at radius 3 is 1.75 bits per heavy atom. The predicted octanol–water partition coefficient (Wildman–Crippen LogP) is 15.6. The zero-order valence-electron chi connectivity index (χ0n) is 31.6. The second-order valence-electron chi connectivity index (χ2n) is 15.7. The van der Waals surface area contributed by atoms with Crippen molar-refractivity contribution >= 4 is 125 Å². The highest BCUT2D eigenvalue weighted by Gasteiger charge is 2.24. The highest BCUT2D eigenvalue weighted by atomic mass is 32.1. The van der Waals surface area contributed by atoms with Gasteiger partial charge in [-0.05, 0) is 83.9 Å². The lowest BCUT2D eigenvalue weighted by molar-refractivity contribution is 0.669. The Hall–Kier alpha value is -7.60. The van der Waals surface area contributed by atoms with E-state index in [0.29, 0.717) is 0 Å². The number of furan rings is 1. The maximum atomic E-state index is 6.49. The zero-order chi connectivity index (χ0) is 38.3. The van der Waals surface area contributed by atoms with E-state index in [1.54, 1.807) is 0 Å². The molecule has 5 heterocycles. The van der Waals surface area contributed by atoms with Crippen molar-refractivity contribution in [3.8, 4) is 11.1 Å². The number of para-hydroxylation sites is 3. The molecule has 0 aliphatic carbocycles. The highest BCUT2D eigenvalue weighted by Crippen LogP contribution is 2.47. The van der Waals surface area contributed by atoms with Crippen LogP contribution >= 0.6 is 11.3 Å². The minimum atomic E-state index is 0.869. The summed E-state index contributed by atoms with van der Waals surface area (Å²) >= 11 is 1.86. The van der Waals surface area contributed by atoms with E-state index in [9.17, 15) is 0 Å². The number of hydrogen-bond acceptors (Lipinski definition) is 3. The first-order chi connectivity index (χ1) is 29.3. The number of rotatable bonds is 4. The third-order valence-corrected chi connectivity index (χ3v) is 13.8. The van der Waals surface area contributed by atoms with Crippen LogP contribution in [0.5, 0.6) is 0 Å². The summed E-state index contributed by atoms with van der Waals surface area (Å²) in [7, 11) is 0. The summed E-state index contributed by atoms with van der Waals surface area (Å²) in [6.07, 6.45) is 0. The topological polar surface area (TPSA) is 25.2 Å². The quantitative estimate of drug-likeness (QED) is 0.167. The maximum Gasteiger partial charge on any atom is 0.137 e. The third-order valence-electron chi connectivity index (χ3n) is 12.6. The van der Waals surface area contributed by atoms with Crippen molar-refractivity contribution in [3.63, 3.8) is 0 Å². The normalized spacial score (nSPS) is 12.4. The summed E-state index contributed by atoms with van der Waals surface area (Å²) in [5, 5.41) is 9.90. The van der Waals surface area contributed by atoms with Gasteiger partial charge in [-0.25, -0.2) is 0 Å². The number of benzene rings is 9. The summed E-state index contributed by atoms with van der Waals surface area (Å²) < 4.78 is 14.1. The molecule has 0 unspecified atom stereocenters. The van der Waals surface area contributed by atoms with Gasteiger partial charge in [0.25, 0.3) is 0 Å². The van der Waals surface area contributed by atoms with Crippen LogP contribution in [-0.4, -0.2) is 8.80 Å². The average Bonchev–Trinajstić information content (AvgIpc) is 4.05. The van der Waals surface area contributed by atoms with Gasteiger partial charge in [0.05, 0.1) is 44.2 Å². The van der Waals surface area contributed by atoms with E-state index in [1.807, 2.05) is 17.4 Å². The lowest BCUT2D eigenvalue weighted by Crippen LogP contribution is -2.11. The summed E-state index contributed by atoms with van der Waals surface area (Å²) in [4.78, 5) is 2.41. The molecule has 0 N–H and O–H groups in total. The lowest BCUT2D eigenvalue weighted by Gasteiger charge is -2.27. The van der Waals surface area contributed by atoms with Crippen LogP contribution in [0.15, 0.2) is 192 Å². The molecule has 0 atom stereocenters. The Bertz CT molecular complexity index is 4030. The minimum Gasteiger partial charge on any atom is -0.456 e. The van der Waals surface area contributed by atoms with E-state index < -0.39 is 0 Å². The van der Waals surface area contributed by atoms with Crippen LogP contribution in [0.4, 0.5) is 17.1 Å². The molecule has 0 spiro atoms. The molecule has 0 saturated heterocycles. The van der Waals surface area contributed by atoms with Crippen LogP contribution in [-0.2, 0) is 0 Å². The fourth-order valence-electron chi connectivity index (χ4n) is 10.1. The van der Waals surface area contributed by atoms with Crippen molar-refractivity contribution in [2.24, 2.45) is 0 Å². The Labute approximate surface area is 340 Å². The fourth-order valence-corrected chi connectivity index (χ4v) is 11.2. The van der Waals surface area contributed by atoms with Gasteiger partial charge in [-0.2, -0.15) is 0 Å². The molecule has 0 radical (unpaired) electrons. The molecule has 5 aromatic heterocycles. The minimum absolute atomic E-state index is 0.869. The predicted molar refractivity (Wildman–Crippen MR) is 250 cm³/mol. The smallest absolute Gasteiger partial charge is 0.137 e. The van der Waals surface area contributed by atoms with Crippen LogP contribution in [0, 0.1) is 0 Å². The van der Waals surface area contributed by atoms with Crippen molar-refractivity contribution in [3.05, 3.63) is 188 Å². The number of anilines is 3. The first kappa shape index (κ1) is 31.5. The van der Waals surface area contributed by atoms with Gasteiger partial charge in [0.15, 0.2) is 0 Å². The van der Waals surface area contributed by atoms with Crippen LogP contribution < -0.4 is 4.90 Å². The van der Waals surface area contributed by atoms with E-state index in [0.717, 1.165) is 44.5 Å². The number of aromatic nitrogens is 2. The third kappa shape index (κ3) is 4.21. The molecule has 0 fully saturated rings. The van der Waals surface area contributed by atoms with Crippen molar-refractivity contribution < 1.29 is 4.42 Å². The molecular weight excluding hydrogens is 739 g/mol. The molecular formula is C54H31N3OS. The van der Waals surface area contributed by atoms with Crippen LogP contribution in [0.2, 0.25) is 0 Å². The maximum absolute atomic E-state index is 6.49. The summed E-state index contributed by atoms with van der Waals surface area (Å²) in [5.41, 5.74) is 14.6. The Kier molecular flexibility index (Phi) is 6.14. The average molecular weight is 770 g/mol. The van der Waals surface area contributed by atoms with E-state index >= 15 is 0 Å². The molecule has 0 aliphatic rings. The largest absolute Gasteiger partial charge is 0.456 e. The molecule has 14 rings (SSSR count). The van der Waals surface area contributed by atoms with Gasteiger partial charge in [-0.1, -0.05) is 115 Å². The molecule has 5 heteroatoms. The van der Waals surface area contributed by atoms with Crippen molar-refractivity contribution in [2.75, 3.05) is 4.90 Å². The van der Waals surface area contributed by atoms with Crippen LogP contribution in [0.25, 0.3) is 108 Å². The standard InChI is InChI=1S/C54H31N3OS/c1-5-14-43-36(10-1)40-27-28-41-37-11-2-6-15-44(37)57-47-31-35(25-29-45(47)56(43)53(40)54(41)57)55(46-16-9-18-49-52(46)42-13-3-7-17-48(42)58-49)34-23-20-32(21-24-34)33-22-26-39-38-12-4-8-19-50(38)59-51(39)30-33/h1-31H. The van der Waals surface area contributed by atoms with Crippen molar-refractivity contribution in [2.45, 2.75) is 0 Å². The van der Waals surface area contributed by atoms with Gasteiger partial charge in [0, 0.05) is 58.5 Å². The highest BCUT2D eigenvalue weighted by molar-refractivity contribution is 7.25. The first-order valence-corrected chi connectivity index (χ1v) is 20.9. The summed E-state index contributed by atoms with van der Waals surface area (Å²) in [6, 6.07) is 68.8. The first-order valence-electron chi connectivity index (χ1n) is 20.1. The van der Waals surface area contributed by atoms with Gasteiger partial charge >= 0.3 is 0 Å². The number of nitrogens with zero attached hydrogens (tertiary/aromatic N) is 3. The summed E-state index contributed by atoms with van der Waals surface area (Å²) in [6.45, 7) is 0. The monoisotopic (exact) mass is 769 g/mol. The molecule has 4 nitrogen and oxygen atoms in total. The molecule has 0 bridgehead atoms. The van der Waals surface area contributed by atoms with Gasteiger partial charge in [-0.15, -0.1) is 11.3 Å². The number of thiophene rings is 1. The SMILES string of the molecule is c1ccc2c(c1)oc1cccc(N(c3ccc(-c4ccc5c(c4)sc4ccccc45)cc3)c3ccc4c(c3)n3c5ccccc5c5ccc6c7ccccc7n4c6c53)c12.